The van der Waals surface area contributed by atoms with Gasteiger partial charge >= 0.3 is 12.1 Å². The summed E-state index contributed by atoms with van der Waals surface area (Å²) in [4.78, 5) is 39.0. The van der Waals surface area contributed by atoms with Crippen molar-refractivity contribution in [1.29, 1.82) is 0 Å². The van der Waals surface area contributed by atoms with E-state index in [-0.39, 0.29) is 32.0 Å². The monoisotopic (exact) mass is 383 g/mol. The fourth-order valence-electron chi connectivity index (χ4n) is 3.70. The van der Waals surface area contributed by atoms with Crippen LogP contribution in [0.2, 0.25) is 0 Å². The van der Waals surface area contributed by atoms with Crippen molar-refractivity contribution in [2.75, 3.05) is 19.6 Å². The molecule has 3 amide bonds. The van der Waals surface area contributed by atoms with Crippen LogP contribution < -0.4 is 5.32 Å². The smallest absolute Gasteiger partial charge is 0.352 e. The van der Waals surface area contributed by atoms with E-state index in [9.17, 15) is 27.6 Å². The van der Waals surface area contributed by atoms with Gasteiger partial charge in [-0.15, -0.1) is 0 Å². The Bertz CT molecular complexity index is 766. The minimum Gasteiger partial charge on any atom is -0.352 e. The van der Waals surface area contributed by atoms with Crippen molar-refractivity contribution in [2.24, 2.45) is 0 Å². The SMILES string of the molecule is Cc1cccc(C2C(=O)NCCN2C(=O)C2CCCN2C(=O)C(F)(F)F)c1. The molecular weight excluding hydrogens is 363 g/mol. The van der Waals surface area contributed by atoms with Crippen LogP contribution in [0.5, 0.6) is 0 Å². The molecule has 2 aliphatic heterocycles. The topological polar surface area (TPSA) is 69.7 Å². The van der Waals surface area contributed by atoms with Gasteiger partial charge in [-0.05, 0) is 25.3 Å². The van der Waals surface area contributed by atoms with Crippen molar-refractivity contribution in [3.63, 3.8) is 0 Å². The molecule has 0 spiro atoms. The van der Waals surface area contributed by atoms with E-state index in [1.54, 1.807) is 18.2 Å². The second-order valence-electron chi connectivity index (χ2n) is 6.79. The second kappa shape index (κ2) is 7.21. The van der Waals surface area contributed by atoms with Crippen LogP contribution in [0.4, 0.5) is 13.2 Å². The number of amides is 3. The van der Waals surface area contributed by atoms with Crippen LogP contribution in [0.15, 0.2) is 24.3 Å². The molecule has 0 bridgehead atoms. The maximum atomic E-state index is 13.0. The van der Waals surface area contributed by atoms with Gasteiger partial charge in [0, 0.05) is 19.6 Å². The van der Waals surface area contributed by atoms with Crippen LogP contribution in [0.25, 0.3) is 0 Å². The Hall–Kier alpha value is -2.58. The predicted octanol–water partition coefficient (Wildman–Crippen LogP) is 1.55. The van der Waals surface area contributed by atoms with E-state index in [2.05, 4.69) is 5.32 Å². The van der Waals surface area contributed by atoms with E-state index >= 15 is 0 Å². The number of hydrogen-bond acceptors (Lipinski definition) is 3. The molecule has 9 heteroatoms. The lowest BCUT2D eigenvalue weighted by Crippen LogP contribution is -2.57. The molecular formula is C18H20F3N3O3. The molecule has 2 aliphatic rings. The van der Waals surface area contributed by atoms with Gasteiger partial charge in [-0.3, -0.25) is 14.4 Å². The molecule has 2 atom stereocenters. The van der Waals surface area contributed by atoms with Gasteiger partial charge in [-0.1, -0.05) is 29.8 Å². The lowest BCUT2D eigenvalue weighted by atomic mass is 9.99. The number of rotatable bonds is 2. The average Bonchev–Trinajstić information content (AvgIpc) is 3.08. The Kier molecular flexibility index (Phi) is 5.12. The lowest BCUT2D eigenvalue weighted by Gasteiger charge is -2.38. The maximum Gasteiger partial charge on any atom is 0.471 e. The molecule has 27 heavy (non-hydrogen) atoms. The number of carbonyl (C=O) groups is 3. The van der Waals surface area contributed by atoms with Gasteiger partial charge in [-0.25, -0.2) is 0 Å². The van der Waals surface area contributed by atoms with E-state index in [4.69, 9.17) is 0 Å². The molecule has 2 fully saturated rings. The number of nitrogens with one attached hydrogen (secondary N) is 1. The fourth-order valence-corrected chi connectivity index (χ4v) is 3.70. The first-order valence-electron chi connectivity index (χ1n) is 8.72. The summed E-state index contributed by atoms with van der Waals surface area (Å²) in [5.74, 6) is -3.01. The summed E-state index contributed by atoms with van der Waals surface area (Å²) in [6.07, 6.45) is -4.56. The fraction of sp³-hybridized carbons (Fsp3) is 0.500. The van der Waals surface area contributed by atoms with Crippen LogP contribution in [0.3, 0.4) is 0 Å². The number of nitrogens with zero attached hydrogens (tertiary/aromatic N) is 2. The quantitative estimate of drug-likeness (QED) is 0.843. The Morgan fingerprint density at radius 1 is 1.19 bits per heavy atom. The molecule has 0 saturated carbocycles. The van der Waals surface area contributed by atoms with Gasteiger partial charge in [0.25, 0.3) is 0 Å². The molecule has 3 rings (SSSR count). The van der Waals surface area contributed by atoms with Crippen LogP contribution >= 0.6 is 0 Å². The van der Waals surface area contributed by atoms with E-state index in [1.165, 1.54) is 4.90 Å². The molecule has 2 unspecified atom stereocenters. The third kappa shape index (κ3) is 3.77. The summed E-state index contributed by atoms with van der Waals surface area (Å²) in [6.45, 7) is 2.11. The van der Waals surface area contributed by atoms with Crippen molar-refractivity contribution in [3.8, 4) is 0 Å². The third-order valence-corrected chi connectivity index (χ3v) is 4.89. The lowest BCUT2D eigenvalue weighted by molar-refractivity contribution is -0.187. The highest BCUT2D eigenvalue weighted by molar-refractivity contribution is 5.94. The highest BCUT2D eigenvalue weighted by Crippen LogP contribution is 2.30. The third-order valence-electron chi connectivity index (χ3n) is 4.89. The van der Waals surface area contributed by atoms with Crippen molar-refractivity contribution in [1.82, 2.24) is 15.1 Å². The van der Waals surface area contributed by atoms with E-state index < -0.39 is 30.1 Å². The first-order chi connectivity index (χ1) is 12.7. The van der Waals surface area contributed by atoms with Crippen LogP contribution in [0, 0.1) is 6.92 Å². The summed E-state index contributed by atoms with van der Waals surface area (Å²) < 4.78 is 38.5. The summed E-state index contributed by atoms with van der Waals surface area (Å²) in [7, 11) is 0. The highest BCUT2D eigenvalue weighted by Gasteiger charge is 2.49. The normalized spacial score (nSPS) is 23.3. The molecule has 0 aromatic heterocycles. The molecule has 1 aromatic rings. The van der Waals surface area contributed by atoms with Gasteiger partial charge in [0.05, 0.1) is 0 Å². The number of likely N-dealkylation sites (tertiary alicyclic amines) is 1. The molecule has 1 N–H and O–H groups in total. The number of hydrogen-bond donors (Lipinski definition) is 1. The molecule has 0 radical (unpaired) electrons. The standard InChI is InChI=1S/C18H20F3N3O3/c1-11-4-2-5-12(10-11)14-15(25)22-7-9-24(14)16(26)13-6-3-8-23(13)17(27)18(19,20)21/h2,4-5,10,13-14H,3,6-9H2,1H3,(H,22,25). The van der Waals surface area contributed by atoms with E-state index in [1.807, 2.05) is 13.0 Å². The summed E-state index contributed by atoms with van der Waals surface area (Å²) >= 11 is 0. The second-order valence-corrected chi connectivity index (χ2v) is 6.79. The Morgan fingerprint density at radius 3 is 2.59 bits per heavy atom. The van der Waals surface area contributed by atoms with Crippen LogP contribution in [-0.4, -0.2) is 59.4 Å². The molecule has 146 valence electrons. The number of benzene rings is 1. The number of alkyl halides is 3. The number of halogens is 3. The Morgan fingerprint density at radius 2 is 1.93 bits per heavy atom. The molecule has 0 aliphatic carbocycles. The van der Waals surface area contributed by atoms with Crippen molar-refractivity contribution < 1.29 is 27.6 Å². The van der Waals surface area contributed by atoms with E-state index in [0.717, 1.165) is 5.56 Å². The van der Waals surface area contributed by atoms with E-state index in [0.29, 0.717) is 16.9 Å². The zero-order valence-corrected chi connectivity index (χ0v) is 14.8. The van der Waals surface area contributed by atoms with Gasteiger partial charge < -0.3 is 15.1 Å². The average molecular weight is 383 g/mol. The highest BCUT2D eigenvalue weighted by atomic mass is 19.4. The van der Waals surface area contributed by atoms with Crippen LogP contribution in [0.1, 0.15) is 30.0 Å². The van der Waals surface area contributed by atoms with Crippen molar-refractivity contribution in [2.45, 2.75) is 38.0 Å². The summed E-state index contributed by atoms with van der Waals surface area (Å²) in [6, 6.07) is 4.95. The van der Waals surface area contributed by atoms with Gasteiger partial charge in [-0.2, -0.15) is 13.2 Å². The zero-order chi connectivity index (χ0) is 19.8. The molecule has 2 saturated heterocycles. The first-order valence-corrected chi connectivity index (χ1v) is 8.72. The maximum absolute atomic E-state index is 13.0. The van der Waals surface area contributed by atoms with Crippen molar-refractivity contribution in [3.05, 3.63) is 35.4 Å². The zero-order valence-electron chi connectivity index (χ0n) is 14.8. The molecule has 6 nitrogen and oxygen atoms in total. The minimum atomic E-state index is -5.03. The van der Waals surface area contributed by atoms with Gasteiger partial charge in [0.2, 0.25) is 11.8 Å². The molecule has 1 aromatic carbocycles. The number of piperazine rings is 1. The first kappa shape index (κ1) is 19.2. The predicted molar refractivity (Wildman–Crippen MR) is 89.4 cm³/mol. The number of aryl methyl sites for hydroxylation is 1. The Labute approximate surface area is 154 Å². The minimum absolute atomic E-state index is 0.121. The Balaban J connectivity index is 1.89. The van der Waals surface area contributed by atoms with Gasteiger partial charge in [0.15, 0.2) is 0 Å². The summed E-state index contributed by atoms with van der Waals surface area (Å²) in [5, 5.41) is 2.69. The van der Waals surface area contributed by atoms with Crippen LogP contribution in [-0.2, 0) is 14.4 Å². The number of carbonyl (C=O) groups excluding carboxylic acids is 3. The van der Waals surface area contributed by atoms with Gasteiger partial charge in [0.1, 0.15) is 12.1 Å². The molecule has 2 heterocycles. The largest absolute Gasteiger partial charge is 0.471 e. The van der Waals surface area contributed by atoms with Crippen molar-refractivity contribution >= 4 is 17.7 Å². The summed E-state index contributed by atoms with van der Waals surface area (Å²) in [5.41, 5.74) is 1.49.